The molecule has 0 aliphatic heterocycles. The molecule has 0 heterocycles. The molecule has 0 atom stereocenters. The molecule has 3 aromatic rings. The topological polar surface area (TPSA) is 88.1 Å². The monoisotopic (exact) mass is 479 g/mol. The Hall–Kier alpha value is -3.65. The van der Waals surface area contributed by atoms with E-state index in [1.165, 1.54) is 23.9 Å². The van der Waals surface area contributed by atoms with Crippen LogP contribution in [0.4, 0.5) is 5.69 Å². The molecule has 0 saturated heterocycles. The van der Waals surface area contributed by atoms with Crippen LogP contribution in [0, 0.1) is 0 Å². The lowest BCUT2D eigenvalue weighted by molar-refractivity contribution is -0.119. The highest BCUT2D eigenvalue weighted by Gasteiger charge is 2.27. The number of amides is 1. The summed E-state index contributed by atoms with van der Waals surface area (Å²) in [5, 5.41) is 3.99. The number of carbonyl (C=O) groups is 1. The number of carbonyl (C=O) groups excluding carboxylic acids is 1. The lowest BCUT2D eigenvalue weighted by Crippen LogP contribution is -2.39. The zero-order valence-electron chi connectivity index (χ0n) is 19.5. The molecular weight excluding hydrogens is 450 g/mol. The van der Waals surface area contributed by atoms with E-state index in [2.05, 4.69) is 24.4 Å². The van der Waals surface area contributed by atoms with E-state index in [9.17, 15) is 13.2 Å². The van der Waals surface area contributed by atoms with Gasteiger partial charge in [0, 0.05) is 0 Å². The van der Waals surface area contributed by atoms with Crippen LogP contribution in [-0.4, -0.2) is 33.7 Å². The second-order valence-corrected chi connectivity index (χ2v) is 9.73. The normalized spacial score (nSPS) is 11.5. The molecule has 0 saturated carbocycles. The van der Waals surface area contributed by atoms with Gasteiger partial charge in [0.05, 0.1) is 23.4 Å². The summed E-state index contributed by atoms with van der Waals surface area (Å²) in [7, 11) is -4.01. The molecule has 7 nitrogen and oxygen atoms in total. The standard InChI is InChI=1S/C26H29N3O4S/c1-4-33-24-14-16-25(17-15-24)34(31,32)29(23-8-6-5-7-9-23)19-26(30)28-27-18-21-10-12-22(13-11-21)20(2)3/h5-18,20H,4,19H2,1-3H3,(H,28,30)/b27-18-. The average molecular weight is 480 g/mol. The maximum atomic E-state index is 13.4. The van der Waals surface area contributed by atoms with Gasteiger partial charge in [0.2, 0.25) is 0 Å². The minimum absolute atomic E-state index is 0.0568. The van der Waals surface area contributed by atoms with Gasteiger partial charge in [0.15, 0.2) is 0 Å². The van der Waals surface area contributed by atoms with E-state index in [-0.39, 0.29) is 4.90 Å². The van der Waals surface area contributed by atoms with Crippen molar-refractivity contribution in [2.45, 2.75) is 31.6 Å². The molecule has 0 aromatic heterocycles. The summed E-state index contributed by atoms with van der Waals surface area (Å²) < 4.78 is 33.2. The zero-order chi connectivity index (χ0) is 24.6. The van der Waals surface area contributed by atoms with Gasteiger partial charge in [-0.05, 0) is 60.4 Å². The minimum Gasteiger partial charge on any atom is -0.494 e. The first-order chi connectivity index (χ1) is 16.3. The number of ether oxygens (including phenoxy) is 1. The molecule has 0 bridgehead atoms. The summed E-state index contributed by atoms with van der Waals surface area (Å²) >= 11 is 0. The van der Waals surface area contributed by atoms with Gasteiger partial charge in [-0.15, -0.1) is 0 Å². The van der Waals surface area contributed by atoms with Gasteiger partial charge in [-0.25, -0.2) is 13.8 Å². The van der Waals surface area contributed by atoms with Crippen LogP contribution < -0.4 is 14.5 Å². The number of sulfonamides is 1. The molecule has 0 unspecified atom stereocenters. The van der Waals surface area contributed by atoms with Crippen molar-refractivity contribution in [2.75, 3.05) is 17.5 Å². The number of hydrogen-bond donors (Lipinski definition) is 1. The molecule has 3 aromatic carbocycles. The SMILES string of the molecule is CCOc1ccc(S(=O)(=O)N(CC(=O)N/N=C\c2ccc(C(C)C)cc2)c2ccccc2)cc1. The van der Waals surface area contributed by atoms with E-state index in [4.69, 9.17) is 4.74 Å². The van der Waals surface area contributed by atoms with E-state index in [0.29, 0.717) is 24.0 Å². The Morgan fingerprint density at radius 1 is 1.00 bits per heavy atom. The van der Waals surface area contributed by atoms with Crippen molar-refractivity contribution in [1.29, 1.82) is 0 Å². The van der Waals surface area contributed by atoms with E-state index in [0.717, 1.165) is 9.87 Å². The van der Waals surface area contributed by atoms with Gasteiger partial charge in [-0.3, -0.25) is 9.10 Å². The zero-order valence-corrected chi connectivity index (χ0v) is 20.3. The molecule has 34 heavy (non-hydrogen) atoms. The van der Waals surface area contributed by atoms with E-state index in [1.54, 1.807) is 42.5 Å². The third kappa shape index (κ3) is 6.45. The van der Waals surface area contributed by atoms with Crippen LogP contribution in [0.1, 0.15) is 37.8 Å². The molecule has 0 spiro atoms. The molecule has 0 aliphatic rings. The number of hydrazone groups is 1. The quantitative estimate of drug-likeness (QED) is 0.341. The number of para-hydroxylation sites is 1. The second-order valence-electron chi connectivity index (χ2n) is 7.87. The Morgan fingerprint density at radius 2 is 1.65 bits per heavy atom. The molecule has 8 heteroatoms. The van der Waals surface area contributed by atoms with Gasteiger partial charge in [-0.2, -0.15) is 5.10 Å². The lowest BCUT2D eigenvalue weighted by atomic mass is 10.0. The highest BCUT2D eigenvalue weighted by molar-refractivity contribution is 7.92. The maximum absolute atomic E-state index is 13.4. The number of nitrogens with one attached hydrogen (secondary N) is 1. The van der Waals surface area contributed by atoms with Gasteiger partial charge in [0.25, 0.3) is 15.9 Å². The van der Waals surface area contributed by atoms with Gasteiger partial charge < -0.3 is 4.74 Å². The number of nitrogens with zero attached hydrogens (tertiary/aromatic N) is 2. The summed E-state index contributed by atoms with van der Waals surface area (Å²) in [6.45, 7) is 6.13. The fourth-order valence-corrected chi connectivity index (χ4v) is 4.64. The number of anilines is 1. The summed E-state index contributed by atoms with van der Waals surface area (Å²) in [6.07, 6.45) is 1.52. The predicted molar refractivity (Wildman–Crippen MR) is 135 cm³/mol. The molecule has 178 valence electrons. The largest absolute Gasteiger partial charge is 0.494 e. The van der Waals surface area contributed by atoms with Crippen LogP contribution >= 0.6 is 0 Å². The predicted octanol–water partition coefficient (Wildman–Crippen LogP) is 4.55. The molecule has 3 rings (SSSR count). The molecule has 1 N–H and O–H groups in total. The van der Waals surface area contributed by atoms with Crippen LogP contribution in [0.25, 0.3) is 0 Å². The Morgan fingerprint density at radius 3 is 2.24 bits per heavy atom. The van der Waals surface area contributed by atoms with Gasteiger partial charge in [-0.1, -0.05) is 56.3 Å². The molecule has 0 fully saturated rings. The van der Waals surface area contributed by atoms with Crippen molar-refractivity contribution < 1.29 is 17.9 Å². The summed E-state index contributed by atoms with van der Waals surface area (Å²) in [5.41, 5.74) is 4.83. The van der Waals surface area contributed by atoms with Gasteiger partial charge >= 0.3 is 0 Å². The summed E-state index contributed by atoms with van der Waals surface area (Å²) in [4.78, 5) is 12.7. The smallest absolute Gasteiger partial charge is 0.264 e. The fourth-order valence-electron chi connectivity index (χ4n) is 3.22. The van der Waals surface area contributed by atoms with Crippen molar-refractivity contribution >= 4 is 27.8 Å². The van der Waals surface area contributed by atoms with Crippen molar-refractivity contribution in [3.63, 3.8) is 0 Å². The molecule has 0 radical (unpaired) electrons. The minimum atomic E-state index is -4.01. The Kier molecular flexibility index (Phi) is 8.43. The number of benzene rings is 3. The van der Waals surface area contributed by atoms with Crippen LogP contribution in [0.5, 0.6) is 5.75 Å². The first-order valence-electron chi connectivity index (χ1n) is 11.0. The van der Waals surface area contributed by atoms with E-state index < -0.39 is 22.5 Å². The first-order valence-corrected chi connectivity index (χ1v) is 12.5. The molecular formula is C26H29N3O4S. The number of hydrogen-bond acceptors (Lipinski definition) is 5. The number of rotatable bonds is 10. The van der Waals surface area contributed by atoms with E-state index >= 15 is 0 Å². The third-order valence-electron chi connectivity index (χ3n) is 5.06. The van der Waals surface area contributed by atoms with Crippen molar-refractivity contribution in [1.82, 2.24) is 5.43 Å². The lowest BCUT2D eigenvalue weighted by Gasteiger charge is -2.23. The summed E-state index contributed by atoms with van der Waals surface area (Å²) in [5.74, 6) is 0.432. The first kappa shape index (κ1) is 25.0. The van der Waals surface area contributed by atoms with Crippen LogP contribution in [0.2, 0.25) is 0 Å². The van der Waals surface area contributed by atoms with Crippen molar-refractivity contribution in [2.24, 2.45) is 5.10 Å². The van der Waals surface area contributed by atoms with Crippen LogP contribution in [0.15, 0.2) is 88.9 Å². The maximum Gasteiger partial charge on any atom is 0.264 e. The fraction of sp³-hybridized carbons (Fsp3) is 0.231. The average Bonchev–Trinajstić information content (AvgIpc) is 2.84. The summed E-state index contributed by atoms with van der Waals surface area (Å²) in [6, 6.07) is 22.4. The van der Waals surface area contributed by atoms with Crippen LogP contribution in [0.3, 0.4) is 0 Å². The van der Waals surface area contributed by atoms with Gasteiger partial charge in [0.1, 0.15) is 12.3 Å². The molecule has 1 amide bonds. The van der Waals surface area contributed by atoms with Crippen molar-refractivity contribution in [3.05, 3.63) is 90.0 Å². The Balaban J connectivity index is 1.76. The highest BCUT2D eigenvalue weighted by Crippen LogP contribution is 2.25. The van der Waals surface area contributed by atoms with E-state index in [1.807, 2.05) is 31.2 Å². The highest BCUT2D eigenvalue weighted by atomic mass is 32.2. The van der Waals surface area contributed by atoms with Crippen molar-refractivity contribution in [3.8, 4) is 5.75 Å². The van der Waals surface area contributed by atoms with Crippen LogP contribution in [-0.2, 0) is 14.8 Å². The Labute approximate surface area is 201 Å². The third-order valence-corrected chi connectivity index (χ3v) is 6.85. The second kappa shape index (κ2) is 11.5. The molecule has 0 aliphatic carbocycles. The Bertz CT molecular complexity index is 1210.